The molecule has 47 heavy (non-hydrogen) atoms. The molecule has 0 aliphatic carbocycles. The van der Waals surface area contributed by atoms with Crippen LogP contribution in [0.3, 0.4) is 0 Å². The molecule has 0 unspecified atom stereocenters. The van der Waals surface area contributed by atoms with E-state index in [1.165, 1.54) is 82.9 Å². The molecule has 0 spiro atoms. The molecular weight excluding hydrogens is 573 g/mol. The van der Waals surface area contributed by atoms with Crippen LogP contribution in [0.15, 0.2) is 48.5 Å². The van der Waals surface area contributed by atoms with Crippen LogP contribution in [-0.4, -0.2) is 19.9 Å². The lowest BCUT2D eigenvalue weighted by Gasteiger charge is -2.28. The molecule has 0 amide bonds. The van der Waals surface area contributed by atoms with E-state index in [9.17, 15) is 0 Å². The lowest BCUT2D eigenvalue weighted by molar-refractivity contribution is 0.483. The van der Waals surface area contributed by atoms with Crippen LogP contribution in [-0.2, 0) is 31.1 Å². The first-order valence-corrected chi connectivity index (χ1v) is 18.3. The second-order valence-corrected chi connectivity index (χ2v) is 13.3. The van der Waals surface area contributed by atoms with Gasteiger partial charge in [-0.15, -0.1) is 0 Å². The quantitative estimate of drug-likeness (QED) is 0.181. The average molecular weight is 623 g/mol. The maximum absolute atomic E-state index is 5.68. The monoisotopic (exact) mass is 622 g/mol. The van der Waals surface area contributed by atoms with E-state index in [4.69, 9.17) is 9.97 Å². The molecule has 0 saturated carbocycles. The van der Waals surface area contributed by atoms with Gasteiger partial charge in [-0.05, 0) is 125 Å². The minimum absolute atomic E-state index is 0.171. The first-order chi connectivity index (χ1) is 22.9. The maximum atomic E-state index is 5.68. The molecule has 0 radical (unpaired) electrons. The molecule has 2 aliphatic rings. The summed E-state index contributed by atoms with van der Waals surface area (Å²) in [6.45, 7) is 18.4. The molecule has 4 heteroatoms. The summed E-state index contributed by atoms with van der Waals surface area (Å²) in [6.07, 6.45) is 7.77. The Morgan fingerprint density at radius 3 is 1.68 bits per heavy atom. The van der Waals surface area contributed by atoms with Crippen molar-refractivity contribution in [3.8, 4) is 0 Å². The Kier molecular flexibility index (Phi) is 8.10. The van der Waals surface area contributed by atoms with E-state index in [1.54, 1.807) is 0 Å². The van der Waals surface area contributed by atoms with Crippen molar-refractivity contribution in [2.24, 2.45) is 0 Å². The zero-order valence-corrected chi connectivity index (χ0v) is 29.7. The fraction of sp³-hybridized carbons (Fsp3) is 0.395. The van der Waals surface area contributed by atoms with Crippen molar-refractivity contribution in [3.63, 3.8) is 0 Å². The Balaban J connectivity index is 1.81. The fourth-order valence-electron chi connectivity index (χ4n) is 9.01. The summed E-state index contributed by atoms with van der Waals surface area (Å²) in [5, 5.41) is 3.71. The molecule has 0 atom stereocenters. The molecule has 8 bridgehead atoms. The first kappa shape index (κ1) is 31.4. The van der Waals surface area contributed by atoms with Gasteiger partial charge in [-0.2, -0.15) is 0 Å². The van der Waals surface area contributed by atoms with E-state index in [1.807, 2.05) is 0 Å². The number of aromatic amines is 2. The van der Waals surface area contributed by atoms with E-state index in [0.717, 1.165) is 68.3 Å². The van der Waals surface area contributed by atoms with Crippen LogP contribution in [0.4, 0.5) is 0 Å². The predicted molar refractivity (Wildman–Crippen MR) is 202 cm³/mol. The van der Waals surface area contributed by atoms with Crippen LogP contribution in [0.25, 0.3) is 54.9 Å². The third kappa shape index (κ3) is 4.54. The lowest BCUT2D eigenvalue weighted by atomic mass is 9.73. The lowest BCUT2D eigenvalue weighted by Crippen LogP contribution is -2.23. The molecule has 4 nitrogen and oxygen atoms in total. The largest absolute Gasteiger partial charge is 0.355 e. The van der Waals surface area contributed by atoms with Gasteiger partial charge in [0.05, 0.1) is 22.6 Å². The highest BCUT2D eigenvalue weighted by molar-refractivity contribution is 6.14. The molecule has 7 rings (SSSR count). The zero-order valence-electron chi connectivity index (χ0n) is 29.7. The van der Waals surface area contributed by atoms with Crippen LogP contribution in [0, 0.1) is 0 Å². The van der Waals surface area contributed by atoms with Crippen LogP contribution in [0.1, 0.15) is 126 Å². The zero-order chi connectivity index (χ0) is 33.0. The Labute approximate surface area is 279 Å². The number of allylic oxidation sites excluding steroid dienone is 2. The summed E-state index contributed by atoms with van der Waals surface area (Å²) in [4.78, 5) is 19.1. The van der Waals surface area contributed by atoms with Crippen molar-refractivity contribution in [1.82, 2.24) is 19.9 Å². The SMILES string of the molecule is CCC1=C(CC)c2nc1cc1[nH]c(cc3[nH]c(cc4nc5c(cc6ccccc6c25)C4(CC)CC)c(CC)c3CC)c(CC)c1CC. The Bertz CT molecular complexity index is 2240. The summed E-state index contributed by atoms with van der Waals surface area (Å²) in [7, 11) is 0. The standard InChI is InChI=1S/C43H50N4/c1-9-26-27(10-2)36-23-37-30(13-5)31(14-6)41(46-37)40-32-20-18-17-19-25(32)21-33-42(40)47-39(43(33,15-7)16-8)24-38-29(12-4)28(11-3)35(45-38)22-34(26)44-36/h17-24,44-45H,9-16H2,1-8H3. The number of benzene rings is 2. The number of nitrogens with one attached hydrogen (secondary N) is 2. The van der Waals surface area contributed by atoms with Gasteiger partial charge in [0.25, 0.3) is 0 Å². The van der Waals surface area contributed by atoms with Crippen molar-refractivity contribution in [3.05, 3.63) is 93.4 Å². The number of aryl methyl sites for hydroxylation is 4. The highest BCUT2D eigenvalue weighted by atomic mass is 14.8. The molecule has 2 aromatic carbocycles. The number of fused-ring (bicyclic) bond motifs is 10. The summed E-state index contributed by atoms with van der Waals surface area (Å²) >= 11 is 0. The molecular formula is C43H50N4. The Hall–Kier alpha value is -4.18. The number of hydrogen-bond acceptors (Lipinski definition) is 2. The molecule has 3 aromatic heterocycles. The van der Waals surface area contributed by atoms with Crippen molar-refractivity contribution < 1.29 is 0 Å². The van der Waals surface area contributed by atoms with E-state index in [-0.39, 0.29) is 5.41 Å². The van der Waals surface area contributed by atoms with E-state index < -0.39 is 0 Å². The molecule has 5 aromatic rings. The van der Waals surface area contributed by atoms with Crippen molar-refractivity contribution in [1.29, 1.82) is 0 Å². The van der Waals surface area contributed by atoms with E-state index in [2.05, 4.69) is 114 Å². The van der Waals surface area contributed by atoms with E-state index >= 15 is 0 Å². The summed E-state index contributed by atoms with van der Waals surface area (Å²) in [5.41, 5.74) is 18.8. The molecule has 2 aliphatic heterocycles. The van der Waals surface area contributed by atoms with Gasteiger partial charge in [-0.3, -0.25) is 4.98 Å². The summed E-state index contributed by atoms with van der Waals surface area (Å²) in [5.74, 6) is 0. The van der Waals surface area contributed by atoms with Gasteiger partial charge in [-0.25, -0.2) is 4.98 Å². The van der Waals surface area contributed by atoms with Gasteiger partial charge in [0, 0.05) is 32.9 Å². The van der Waals surface area contributed by atoms with Gasteiger partial charge in [0.15, 0.2) is 0 Å². The highest BCUT2D eigenvalue weighted by Crippen LogP contribution is 2.49. The maximum Gasteiger partial charge on any atom is 0.0775 e. The minimum Gasteiger partial charge on any atom is -0.355 e. The number of rotatable bonds is 8. The van der Waals surface area contributed by atoms with Crippen LogP contribution in [0.2, 0.25) is 0 Å². The molecule has 0 fully saturated rings. The van der Waals surface area contributed by atoms with Crippen molar-refractivity contribution in [2.75, 3.05) is 0 Å². The van der Waals surface area contributed by atoms with Gasteiger partial charge in [0.2, 0.25) is 0 Å². The highest BCUT2D eigenvalue weighted by Gasteiger charge is 2.39. The van der Waals surface area contributed by atoms with Crippen LogP contribution >= 0.6 is 0 Å². The van der Waals surface area contributed by atoms with Crippen LogP contribution < -0.4 is 0 Å². The normalized spacial score (nSPS) is 14.3. The number of nitrogens with zero attached hydrogens (tertiary/aromatic N) is 2. The minimum atomic E-state index is -0.171. The number of H-pyrrole nitrogens is 2. The number of aromatic nitrogens is 4. The molecule has 5 heterocycles. The Morgan fingerprint density at radius 2 is 1.13 bits per heavy atom. The third-order valence-corrected chi connectivity index (χ3v) is 11.4. The van der Waals surface area contributed by atoms with Gasteiger partial charge >= 0.3 is 0 Å². The van der Waals surface area contributed by atoms with E-state index in [0.29, 0.717) is 0 Å². The summed E-state index contributed by atoms with van der Waals surface area (Å²) in [6, 6.07) is 18.5. The first-order valence-electron chi connectivity index (χ1n) is 18.3. The average Bonchev–Trinajstić information content (AvgIpc) is 3.81. The smallest absolute Gasteiger partial charge is 0.0775 e. The molecule has 0 saturated heterocycles. The predicted octanol–water partition coefficient (Wildman–Crippen LogP) is 11.7. The molecule has 2 N–H and O–H groups in total. The van der Waals surface area contributed by atoms with Crippen molar-refractivity contribution in [2.45, 2.75) is 112 Å². The Morgan fingerprint density at radius 1 is 0.574 bits per heavy atom. The van der Waals surface area contributed by atoms with Gasteiger partial charge in [-0.1, -0.05) is 79.7 Å². The third-order valence-electron chi connectivity index (χ3n) is 11.4. The second kappa shape index (κ2) is 12.1. The van der Waals surface area contributed by atoms with Gasteiger partial charge in [0.1, 0.15) is 0 Å². The molecule has 242 valence electrons. The second-order valence-electron chi connectivity index (χ2n) is 13.3. The van der Waals surface area contributed by atoms with Gasteiger partial charge < -0.3 is 9.97 Å². The van der Waals surface area contributed by atoms with Crippen LogP contribution in [0.5, 0.6) is 0 Å². The summed E-state index contributed by atoms with van der Waals surface area (Å²) < 4.78 is 0. The van der Waals surface area contributed by atoms with Crippen molar-refractivity contribution >= 4 is 54.9 Å². The number of hydrogen-bond donors (Lipinski definition) is 2. The fourth-order valence-corrected chi connectivity index (χ4v) is 9.01. The topological polar surface area (TPSA) is 57.4 Å².